The molecule has 1 N–H and O–H groups in total. The van der Waals surface area contributed by atoms with Crippen molar-refractivity contribution in [2.75, 3.05) is 6.54 Å². The lowest BCUT2D eigenvalue weighted by molar-refractivity contribution is -0.131. The third-order valence-electron chi connectivity index (χ3n) is 6.36. The molecule has 31 heavy (non-hydrogen) atoms. The number of H-pyrrole nitrogens is 1. The number of hydrogen-bond acceptors (Lipinski definition) is 3. The van der Waals surface area contributed by atoms with Gasteiger partial charge in [-0.3, -0.25) is 9.89 Å². The molecule has 0 radical (unpaired) electrons. The zero-order chi connectivity index (χ0) is 21.2. The van der Waals surface area contributed by atoms with Crippen molar-refractivity contribution in [3.63, 3.8) is 0 Å². The first-order chi connectivity index (χ1) is 15.2. The van der Waals surface area contributed by atoms with E-state index in [0.29, 0.717) is 12.3 Å². The highest BCUT2D eigenvalue weighted by molar-refractivity contribution is 5.82. The van der Waals surface area contributed by atoms with Crippen LogP contribution in [0.25, 0.3) is 22.2 Å². The third-order valence-corrected chi connectivity index (χ3v) is 6.36. The van der Waals surface area contributed by atoms with E-state index in [-0.39, 0.29) is 11.9 Å². The van der Waals surface area contributed by atoms with Crippen LogP contribution in [0.3, 0.4) is 0 Å². The minimum Gasteiger partial charge on any atom is -0.340 e. The van der Waals surface area contributed by atoms with E-state index in [0.717, 1.165) is 48.1 Å². The Hall–Kier alpha value is -3.41. The Balaban J connectivity index is 1.23. The van der Waals surface area contributed by atoms with Crippen LogP contribution in [-0.4, -0.2) is 43.1 Å². The first-order valence-corrected chi connectivity index (χ1v) is 10.9. The highest BCUT2D eigenvalue weighted by Gasteiger charge is 2.32. The van der Waals surface area contributed by atoms with Crippen LogP contribution >= 0.6 is 0 Å². The third kappa shape index (κ3) is 4.10. The van der Waals surface area contributed by atoms with Gasteiger partial charge < -0.3 is 9.47 Å². The van der Waals surface area contributed by atoms with Gasteiger partial charge in [0.2, 0.25) is 5.91 Å². The molecule has 2 atom stereocenters. The maximum Gasteiger partial charge on any atom is 0.223 e. The summed E-state index contributed by atoms with van der Waals surface area (Å²) in [5.74, 6) is 0.709. The van der Waals surface area contributed by atoms with Crippen LogP contribution in [0.15, 0.2) is 67.3 Å². The fraction of sp³-hybridized carbons (Fsp3) is 0.320. The number of nitrogens with one attached hydrogen (secondary N) is 1. The van der Waals surface area contributed by atoms with E-state index in [1.165, 1.54) is 5.56 Å². The average Bonchev–Trinajstić information content (AvgIpc) is 3.53. The second-order valence-corrected chi connectivity index (χ2v) is 8.57. The first-order valence-electron chi connectivity index (χ1n) is 10.9. The van der Waals surface area contributed by atoms with Crippen molar-refractivity contribution >= 4 is 16.9 Å². The summed E-state index contributed by atoms with van der Waals surface area (Å²) < 4.78 is 2.23. The van der Waals surface area contributed by atoms with E-state index >= 15 is 0 Å². The lowest BCUT2D eigenvalue weighted by atomic mass is 10.1. The van der Waals surface area contributed by atoms with Gasteiger partial charge >= 0.3 is 0 Å². The largest absolute Gasteiger partial charge is 0.340 e. The molecule has 2 aromatic heterocycles. The maximum absolute atomic E-state index is 12.8. The number of fused-ring (bicyclic) bond motifs is 1. The number of likely N-dealkylation sites (tertiary alicyclic amines) is 1. The van der Waals surface area contributed by atoms with E-state index in [4.69, 9.17) is 0 Å². The van der Waals surface area contributed by atoms with E-state index in [1.54, 1.807) is 0 Å². The van der Waals surface area contributed by atoms with Crippen LogP contribution in [-0.2, 0) is 17.8 Å². The Labute approximate surface area is 181 Å². The predicted molar refractivity (Wildman–Crippen MR) is 121 cm³/mol. The lowest BCUT2D eigenvalue weighted by Crippen LogP contribution is -2.34. The van der Waals surface area contributed by atoms with Crippen LogP contribution in [0, 0.1) is 5.92 Å². The zero-order valence-electron chi connectivity index (χ0n) is 17.7. The lowest BCUT2D eigenvalue weighted by Gasteiger charge is -2.21. The number of rotatable bonds is 6. The van der Waals surface area contributed by atoms with Crippen molar-refractivity contribution in [2.24, 2.45) is 5.92 Å². The summed E-state index contributed by atoms with van der Waals surface area (Å²) in [7, 11) is 0. The number of imidazole rings is 1. The van der Waals surface area contributed by atoms with Gasteiger partial charge in [0.15, 0.2) is 0 Å². The van der Waals surface area contributed by atoms with Crippen LogP contribution in [0.2, 0.25) is 0 Å². The summed E-state index contributed by atoms with van der Waals surface area (Å²) >= 11 is 0. The predicted octanol–water partition coefficient (Wildman–Crippen LogP) is 4.30. The number of aryl methyl sites for hydroxylation is 1. The van der Waals surface area contributed by atoms with Gasteiger partial charge in [0.25, 0.3) is 0 Å². The Morgan fingerprint density at radius 3 is 2.84 bits per heavy atom. The molecule has 5 rings (SSSR count). The molecule has 6 heteroatoms. The SMILES string of the molecule is C[C@H]1CC(Cn2cnc3cc(-c4cn[nH]c4)ccc32)CN1C(=O)CCc1ccccc1. The second-order valence-electron chi connectivity index (χ2n) is 8.57. The molecule has 0 bridgehead atoms. The maximum atomic E-state index is 12.8. The fourth-order valence-electron chi connectivity index (χ4n) is 4.74. The smallest absolute Gasteiger partial charge is 0.223 e. The molecule has 2 aromatic carbocycles. The van der Waals surface area contributed by atoms with Crippen molar-refractivity contribution in [3.05, 3.63) is 72.8 Å². The zero-order valence-corrected chi connectivity index (χ0v) is 17.7. The number of nitrogens with zero attached hydrogens (tertiary/aromatic N) is 4. The van der Waals surface area contributed by atoms with Crippen molar-refractivity contribution in [1.82, 2.24) is 24.6 Å². The number of carbonyl (C=O) groups is 1. The summed E-state index contributed by atoms with van der Waals surface area (Å²) in [5.41, 5.74) is 5.51. The van der Waals surface area contributed by atoms with Gasteiger partial charge in [-0.25, -0.2) is 4.98 Å². The van der Waals surface area contributed by atoms with E-state index in [9.17, 15) is 4.79 Å². The number of benzene rings is 2. The molecule has 0 saturated carbocycles. The molecule has 1 unspecified atom stereocenters. The number of aromatic amines is 1. The van der Waals surface area contributed by atoms with Gasteiger partial charge in [0.05, 0.1) is 23.6 Å². The highest BCUT2D eigenvalue weighted by Crippen LogP contribution is 2.28. The molecule has 1 saturated heterocycles. The van der Waals surface area contributed by atoms with Crippen LogP contribution in [0.4, 0.5) is 0 Å². The van der Waals surface area contributed by atoms with Gasteiger partial charge in [-0.15, -0.1) is 0 Å². The molecule has 1 aliphatic heterocycles. The van der Waals surface area contributed by atoms with Gasteiger partial charge in [-0.05, 0) is 48.9 Å². The molecule has 1 aliphatic rings. The Bertz CT molecular complexity index is 1170. The van der Waals surface area contributed by atoms with Crippen LogP contribution in [0.1, 0.15) is 25.3 Å². The van der Waals surface area contributed by atoms with E-state index in [2.05, 4.69) is 61.9 Å². The molecule has 158 valence electrons. The quantitative estimate of drug-likeness (QED) is 0.513. The summed E-state index contributed by atoms with van der Waals surface area (Å²) in [5, 5.41) is 6.89. The summed E-state index contributed by atoms with van der Waals surface area (Å²) in [4.78, 5) is 19.5. The van der Waals surface area contributed by atoms with Gasteiger partial charge in [0, 0.05) is 37.3 Å². The Morgan fingerprint density at radius 2 is 2.03 bits per heavy atom. The van der Waals surface area contributed by atoms with Crippen molar-refractivity contribution in [1.29, 1.82) is 0 Å². The van der Waals surface area contributed by atoms with Gasteiger partial charge in [0.1, 0.15) is 0 Å². The molecule has 1 fully saturated rings. The monoisotopic (exact) mass is 413 g/mol. The fourth-order valence-corrected chi connectivity index (χ4v) is 4.74. The van der Waals surface area contributed by atoms with Gasteiger partial charge in [-0.2, -0.15) is 5.10 Å². The minimum atomic E-state index is 0.263. The molecule has 6 nitrogen and oxygen atoms in total. The number of hydrogen-bond donors (Lipinski definition) is 1. The molecule has 3 heterocycles. The molecule has 4 aromatic rings. The summed E-state index contributed by atoms with van der Waals surface area (Å²) in [6.07, 6.45) is 8.05. The topological polar surface area (TPSA) is 66.8 Å². The minimum absolute atomic E-state index is 0.263. The molecule has 0 aliphatic carbocycles. The number of amides is 1. The first kappa shape index (κ1) is 19.5. The van der Waals surface area contributed by atoms with Crippen LogP contribution < -0.4 is 0 Å². The molecular weight excluding hydrogens is 386 g/mol. The van der Waals surface area contributed by atoms with E-state index < -0.39 is 0 Å². The summed E-state index contributed by atoms with van der Waals surface area (Å²) in [6, 6.07) is 16.9. The van der Waals surface area contributed by atoms with E-state index in [1.807, 2.05) is 36.9 Å². The van der Waals surface area contributed by atoms with Gasteiger partial charge in [-0.1, -0.05) is 36.4 Å². The standard InChI is InChI=1S/C25H27N5O/c1-18-11-20(16-30(18)25(31)10-7-19-5-3-2-4-6-19)15-29-17-26-23-12-21(8-9-24(23)29)22-13-27-28-14-22/h2-6,8-9,12-14,17-18,20H,7,10-11,15-16H2,1H3,(H,27,28)/t18-,20?/m0/s1. The van der Waals surface area contributed by atoms with Crippen molar-refractivity contribution in [2.45, 2.75) is 38.8 Å². The van der Waals surface area contributed by atoms with Crippen molar-refractivity contribution < 1.29 is 4.79 Å². The normalized spacial score (nSPS) is 18.7. The van der Waals surface area contributed by atoms with Crippen LogP contribution in [0.5, 0.6) is 0 Å². The highest BCUT2D eigenvalue weighted by atomic mass is 16.2. The molecule has 1 amide bonds. The number of carbonyl (C=O) groups excluding carboxylic acids is 1. The Kier molecular flexibility index (Phi) is 5.28. The average molecular weight is 414 g/mol. The molecule has 0 spiro atoms. The second kappa shape index (κ2) is 8.38. The Morgan fingerprint density at radius 1 is 1.16 bits per heavy atom. The molecular formula is C25H27N5O. The van der Waals surface area contributed by atoms with Crippen molar-refractivity contribution in [3.8, 4) is 11.1 Å². The summed E-state index contributed by atoms with van der Waals surface area (Å²) in [6.45, 7) is 3.87. The number of aromatic nitrogens is 4.